The fourth-order valence-corrected chi connectivity index (χ4v) is 1.39. The number of aliphatic hydroxyl groups excluding tert-OH is 1. The normalized spacial score (nSPS) is 11.7. The number of hydrogen-bond donors (Lipinski definition) is 4. The third kappa shape index (κ3) is 3.46. The van der Waals surface area contributed by atoms with Gasteiger partial charge in [-0.15, -0.1) is 0 Å². The van der Waals surface area contributed by atoms with E-state index < -0.39 is 24.6 Å². The lowest BCUT2D eigenvalue weighted by molar-refractivity contribution is -0.140. The summed E-state index contributed by atoms with van der Waals surface area (Å²) in [5, 5.41) is 22.2. The first-order chi connectivity index (χ1) is 8.45. The summed E-state index contributed by atoms with van der Waals surface area (Å²) in [5.74, 6) is -1.28. The molecule has 0 fully saturated rings. The molecular formula is C12H16N2O4. The van der Waals surface area contributed by atoms with Crippen molar-refractivity contribution in [2.45, 2.75) is 19.9 Å². The highest BCUT2D eigenvalue weighted by Gasteiger charge is 2.18. The molecule has 1 aromatic rings. The van der Waals surface area contributed by atoms with Crippen molar-refractivity contribution in [2.75, 3.05) is 11.9 Å². The van der Waals surface area contributed by atoms with Crippen molar-refractivity contribution in [3.8, 4) is 0 Å². The Morgan fingerprint density at radius 3 is 2.56 bits per heavy atom. The zero-order valence-corrected chi connectivity index (χ0v) is 10.2. The van der Waals surface area contributed by atoms with Crippen LogP contribution in [-0.4, -0.2) is 34.9 Å². The van der Waals surface area contributed by atoms with E-state index in [2.05, 4.69) is 10.6 Å². The summed E-state index contributed by atoms with van der Waals surface area (Å²) in [5.41, 5.74) is 2.53. The highest BCUT2D eigenvalue weighted by molar-refractivity contribution is 5.93. The standard InChI is InChI=1S/C12H16N2O4/c1-7-4-3-5-9(8(7)2)13-12(18)14-10(6-15)11(16)17/h3-5,10,15H,6H2,1-2H3,(H,16,17)(H2,13,14,18)/t10-/m0/s1. The Morgan fingerprint density at radius 2 is 2.00 bits per heavy atom. The number of benzene rings is 1. The summed E-state index contributed by atoms with van der Waals surface area (Å²) in [6, 6.07) is 3.45. The van der Waals surface area contributed by atoms with E-state index in [9.17, 15) is 9.59 Å². The monoisotopic (exact) mass is 252 g/mol. The summed E-state index contributed by atoms with van der Waals surface area (Å²) >= 11 is 0. The lowest BCUT2D eigenvalue weighted by Crippen LogP contribution is -2.45. The van der Waals surface area contributed by atoms with Crippen LogP contribution in [0.1, 0.15) is 11.1 Å². The van der Waals surface area contributed by atoms with Gasteiger partial charge in [-0.1, -0.05) is 12.1 Å². The number of aryl methyl sites for hydroxylation is 1. The molecule has 2 amide bonds. The number of carboxylic acid groups (broad SMARTS) is 1. The molecule has 0 aromatic heterocycles. The Kier molecular flexibility index (Phi) is 4.67. The SMILES string of the molecule is Cc1cccc(NC(=O)N[C@@H](CO)C(=O)O)c1C. The first-order valence-corrected chi connectivity index (χ1v) is 5.43. The number of nitrogens with one attached hydrogen (secondary N) is 2. The Bertz CT molecular complexity index is 459. The van der Waals surface area contributed by atoms with E-state index in [4.69, 9.17) is 10.2 Å². The van der Waals surface area contributed by atoms with Crippen LogP contribution in [-0.2, 0) is 4.79 Å². The Hall–Kier alpha value is -2.08. The molecule has 1 aromatic carbocycles. The van der Waals surface area contributed by atoms with Crippen LogP contribution in [0.2, 0.25) is 0 Å². The maximum atomic E-state index is 11.6. The Balaban J connectivity index is 2.70. The molecule has 1 rings (SSSR count). The van der Waals surface area contributed by atoms with E-state index in [0.29, 0.717) is 5.69 Å². The molecule has 0 heterocycles. The highest BCUT2D eigenvalue weighted by atomic mass is 16.4. The van der Waals surface area contributed by atoms with Gasteiger partial charge in [0, 0.05) is 5.69 Å². The molecule has 0 unspecified atom stereocenters. The smallest absolute Gasteiger partial charge is 0.328 e. The molecule has 0 aliphatic rings. The highest BCUT2D eigenvalue weighted by Crippen LogP contribution is 2.17. The largest absolute Gasteiger partial charge is 0.480 e. The number of rotatable bonds is 4. The number of aliphatic carboxylic acids is 1. The van der Waals surface area contributed by atoms with E-state index in [1.54, 1.807) is 12.1 Å². The van der Waals surface area contributed by atoms with Crippen LogP contribution in [0.15, 0.2) is 18.2 Å². The number of anilines is 1. The minimum atomic E-state index is -1.31. The summed E-state index contributed by atoms with van der Waals surface area (Å²) < 4.78 is 0. The van der Waals surface area contributed by atoms with Crippen LogP contribution in [0, 0.1) is 13.8 Å². The predicted molar refractivity (Wildman–Crippen MR) is 66.6 cm³/mol. The van der Waals surface area contributed by atoms with Crippen LogP contribution in [0.5, 0.6) is 0 Å². The van der Waals surface area contributed by atoms with Crippen molar-refractivity contribution in [1.29, 1.82) is 0 Å². The maximum Gasteiger partial charge on any atom is 0.328 e. The molecule has 0 aliphatic heterocycles. The quantitative estimate of drug-likeness (QED) is 0.639. The van der Waals surface area contributed by atoms with E-state index in [1.165, 1.54) is 0 Å². The number of carbonyl (C=O) groups excluding carboxylic acids is 1. The van der Waals surface area contributed by atoms with Gasteiger partial charge in [0.25, 0.3) is 0 Å². The first kappa shape index (κ1) is 14.0. The average Bonchev–Trinajstić information content (AvgIpc) is 2.31. The number of amides is 2. The molecule has 6 nitrogen and oxygen atoms in total. The van der Waals surface area contributed by atoms with E-state index in [1.807, 2.05) is 19.9 Å². The molecule has 18 heavy (non-hydrogen) atoms. The zero-order valence-electron chi connectivity index (χ0n) is 10.2. The predicted octanol–water partition coefficient (Wildman–Crippen LogP) is 0.870. The topological polar surface area (TPSA) is 98.7 Å². The van der Waals surface area contributed by atoms with Gasteiger partial charge in [0.05, 0.1) is 6.61 Å². The lowest BCUT2D eigenvalue weighted by atomic mass is 10.1. The number of carbonyl (C=O) groups is 2. The number of hydrogen-bond acceptors (Lipinski definition) is 3. The molecule has 0 radical (unpaired) electrons. The minimum absolute atomic E-state index is 0.606. The van der Waals surface area contributed by atoms with Gasteiger partial charge in [-0.2, -0.15) is 0 Å². The fraction of sp³-hybridized carbons (Fsp3) is 0.333. The number of carboxylic acids is 1. The van der Waals surface area contributed by atoms with Crippen LogP contribution < -0.4 is 10.6 Å². The van der Waals surface area contributed by atoms with Gasteiger partial charge in [0.2, 0.25) is 0 Å². The molecule has 0 spiro atoms. The second-order valence-corrected chi connectivity index (χ2v) is 3.92. The number of urea groups is 1. The van der Waals surface area contributed by atoms with Gasteiger partial charge in [-0.3, -0.25) is 0 Å². The van der Waals surface area contributed by atoms with E-state index in [0.717, 1.165) is 11.1 Å². The Morgan fingerprint density at radius 1 is 1.33 bits per heavy atom. The zero-order chi connectivity index (χ0) is 13.7. The Labute approximate surface area is 105 Å². The molecule has 0 saturated heterocycles. The van der Waals surface area contributed by atoms with Crippen molar-refractivity contribution >= 4 is 17.7 Å². The second-order valence-electron chi connectivity index (χ2n) is 3.92. The minimum Gasteiger partial charge on any atom is -0.480 e. The van der Waals surface area contributed by atoms with Gasteiger partial charge < -0.3 is 20.8 Å². The molecule has 0 saturated carbocycles. The molecule has 4 N–H and O–H groups in total. The van der Waals surface area contributed by atoms with Crippen molar-refractivity contribution in [1.82, 2.24) is 5.32 Å². The third-order valence-electron chi connectivity index (χ3n) is 2.64. The van der Waals surface area contributed by atoms with Crippen molar-refractivity contribution in [3.05, 3.63) is 29.3 Å². The van der Waals surface area contributed by atoms with Crippen LogP contribution in [0.3, 0.4) is 0 Å². The third-order valence-corrected chi connectivity index (χ3v) is 2.64. The van der Waals surface area contributed by atoms with Gasteiger partial charge in [0.1, 0.15) is 0 Å². The average molecular weight is 252 g/mol. The van der Waals surface area contributed by atoms with Crippen LogP contribution in [0.25, 0.3) is 0 Å². The van der Waals surface area contributed by atoms with Crippen LogP contribution >= 0.6 is 0 Å². The summed E-state index contributed by atoms with van der Waals surface area (Å²) in [6.07, 6.45) is 0. The van der Waals surface area contributed by atoms with Gasteiger partial charge in [-0.05, 0) is 31.0 Å². The van der Waals surface area contributed by atoms with Crippen LogP contribution in [0.4, 0.5) is 10.5 Å². The van der Waals surface area contributed by atoms with Gasteiger partial charge in [0.15, 0.2) is 6.04 Å². The molecular weight excluding hydrogens is 236 g/mol. The second kappa shape index (κ2) is 6.02. The molecule has 0 bridgehead atoms. The number of aliphatic hydroxyl groups is 1. The lowest BCUT2D eigenvalue weighted by Gasteiger charge is -2.14. The first-order valence-electron chi connectivity index (χ1n) is 5.43. The van der Waals surface area contributed by atoms with Crippen molar-refractivity contribution in [3.63, 3.8) is 0 Å². The summed E-state index contributed by atoms with van der Waals surface area (Å²) in [7, 11) is 0. The maximum absolute atomic E-state index is 11.6. The molecule has 98 valence electrons. The molecule has 6 heteroatoms. The fourth-order valence-electron chi connectivity index (χ4n) is 1.39. The summed E-state index contributed by atoms with van der Waals surface area (Å²) in [4.78, 5) is 22.2. The van der Waals surface area contributed by atoms with Gasteiger partial charge in [-0.25, -0.2) is 9.59 Å². The van der Waals surface area contributed by atoms with Gasteiger partial charge >= 0.3 is 12.0 Å². The molecule has 0 aliphatic carbocycles. The molecule has 1 atom stereocenters. The summed E-state index contributed by atoms with van der Waals surface area (Å²) in [6.45, 7) is 3.10. The van der Waals surface area contributed by atoms with E-state index in [-0.39, 0.29) is 0 Å². The van der Waals surface area contributed by atoms with E-state index >= 15 is 0 Å². The van der Waals surface area contributed by atoms with Crippen molar-refractivity contribution in [2.24, 2.45) is 0 Å². The van der Waals surface area contributed by atoms with Crippen molar-refractivity contribution < 1.29 is 19.8 Å².